The van der Waals surface area contributed by atoms with Gasteiger partial charge in [-0.2, -0.15) is 0 Å². The van der Waals surface area contributed by atoms with Gasteiger partial charge in [0.15, 0.2) is 0 Å². The van der Waals surface area contributed by atoms with Crippen molar-refractivity contribution in [2.45, 2.75) is 124 Å². The topological polar surface area (TPSA) is 67.4 Å². The molecule has 1 aromatic rings. The number of hydrogen-bond acceptors (Lipinski definition) is 3. The lowest BCUT2D eigenvalue weighted by Crippen LogP contribution is -2.26. The van der Waals surface area contributed by atoms with Crippen LogP contribution in [-0.4, -0.2) is 31.5 Å². The summed E-state index contributed by atoms with van der Waals surface area (Å²) in [7, 11) is 0. The van der Waals surface area contributed by atoms with Crippen molar-refractivity contribution in [2.75, 3.05) is 19.7 Å². The van der Waals surface area contributed by atoms with Gasteiger partial charge in [0.25, 0.3) is 11.8 Å². The Morgan fingerprint density at radius 1 is 0.629 bits per heavy atom. The Morgan fingerprint density at radius 2 is 1.11 bits per heavy atom. The van der Waals surface area contributed by atoms with E-state index >= 15 is 0 Å². The number of ether oxygens (including phenoxy) is 1. The molecule has 0 aromatic heterocycles. The molecule has 0 unspecified atom stereocenters. The van der Waals surface area contributed by atoms with Gasteiger partial charge < -0.3 is 15.4 Å². The number of carbonyl (C=O) groups is 2. The van der Waals surface area contributed by atoms with Crippen LogP contribution in [0.2, 0.25) is 0 Å². The lowest BCUT2D eigenvalue weighted by molar-refractivity contribution is 0.0937. The molecule has 0 saturated heterocycles. The molecule has 0 aliphatic carbocycles. The normalized spacial score (nSPS) is 10.8. The van der Waals surface area contributed by atoms with Crippen LogP contribution in [0.1, 0.15) is 144 Å². The molecular weight excluding hydrogens is 436 g/mol. The van der Waals surface area contributed by atoms with Gasteiger partial charge in [0.2, 0.25) is 0 Å². The van der Waals surface area contributed by atoms with Gasteiger partial charge in [-0.15, -0.1) is 0 Å². The van der Waals surface area contributed by atoms with Crippen LogP contribution in [0.5, 0.6) is 5.75 Å². The number of amides is 2. The van der Waals surface area contributed by atoms with Crippen molar-refractivity contribution in [2.24, 2.45) is 0 Å². The van der Waals surface area contributed by atoms with Crippen LogP contribution in [0, 0.1) is 0 Å². The maximum Gasteiger partial charge on any atom is 0.255 e. The predicted molar refractivity (Wildman–Crippen MR) is 147 cm³/mol. The van der Waals surface area contributed by atoms with E-state index in [0.29, 0.717) is 36.6 Å². The summed E-state index contributed by atoms with van der Waals surface area (Å²) >= 11 is 0. The number of benzene rings is 1. The molecule has 0 aliphatic heterocycles. The van der Waals surface area contributed by atoms with E-state index in [1.165, 1.54) is 64.2 Å². The van der Waals surface area contributed by atoms with Crippen LogP contribution in [0.15, 0.2) is 18.2 Å². The van der Waals surface area contributed by atoms with E-state index in [1.54, 1.807) is 18.2 Å². The summed E-state index contributed by atoms with van der Waals surface area (Å²) in [5, 5.41) is 6.05. The van der Waals surface area contributed by atoms with Gasteiger partial charge in [-0.3, -0.25) is 9.59 Å². The third kappa shape index (κ3) is 14.8. The summed E-state index contributed by atoms with van der Waals surface area (Å²) in [6.45, 7) is 8.52. The minimum Gasteiger partial charge on any atom is -0.493 e. The Kier molecular flexibility index (Phi) is 18.8. The molecule has 2 N–H and O–H groups in total. The minimum absolute atomic E-state index is 0.103. The highest BCUT2D eigenvalue weighted by molar-refractivity contribution is 6.00. The Labute approximate surface area is 215 Å². The average Bonchev–Trinajstić information content (AvgIpc) is 2.87. The lowest BCUT2D eigenvalue weighted by Gasteiger charge is -2.14. The summed E-state index contributed by atoms with van der Waals surface area (Å²) in [5.74, 6) is 0.281. The van der Waals surface area contributed by atoms with Crippen molar-refractivity contribution in [1.82, 2.24) is 10.6 Å². The molecule has 0 heterocycles. The average molecular weight is 489 g/mol. The minimum atomic E-state index is -0.124. The van der Waals surface area contributed by atoms with Gasteiger partial charge in [-0.25, -0.2) is 0 Å². The second kappa shape index (κ2) is 21.3. The van der Waals surface area contributed by atoms with E-state index in [-0.39, 0.29) is 11.8 Å². The molecular formula is C30H52N2O3. The highest BCUT2D eigenvalue weighted by atomic mass is 16.5. The first-order chi connectivity index (χ1) is 17.1. The Bertz CT molecular complexity index is 690. The standard InChI is InChI=1S/C30H52N2O3/c1-4-7-10-13-15-17-22-31-29(33)26-20-21-27(28(25-26)35-24-19-12-9-6-3)30(34)32-23-18-16-14-11-8-5-2/h20-21,25H,4-19,22-24H2,1-3H3,(H,31,33)(H,32,34). The second-order valence-corrected chi connectivity index (χ2v) is 9.67. The quantitative estimate of drug-likeness (QED) is 0.163. The largest absolute Gasteiger partial charge is 0.493 e. The highest BCUT2D eigenvalue weighted by Gasteiger charge is 2.16. The van der Waals surface area contributed by atoms with Gasteiger partial charge in [0, 0.05) is 18.7 Å². The molecule has 5 heteroatoms. The summed E-state index contributed by atoms with van der Waals surface area (Å²) in [4.78, 5) is 25.5. The monoisotopic (exact) mass is 488 g/mol. The maximum absolute atomic E-state index is 12.8. The summed E-state index contributed by atoms with van der Waals surface area (Å²) < 4.78 is 6.01. The first kappa shape index (κ1) is 31.0. The van der Waals surface area contributed by atoms with Crippen LogP contribution in [0.3, 0.4) is 0 Å². The predicted octanol–water partition coefficient (Wildman–Crippen LogP) is 7.83. The molecule has 0 saturated carbocycles. The van der Waals surface area contributed by atoms with Gasteiger partial charge in [-0.05, 0) is 37.5 Å². The van der Waals surface area contributed by atoms with Gasteiger partial charge in [0.1, 0.15) is 5.75 Å². The van der Waals surface area contributed by atoms with Gasteiger partial charge in [-0.1, -0.05) is 104 Å². The zero-order valence-electron chi connectivity index (χ0n) is 22.9. The van der Waals surface area contributed by atoms with E-state index < -0.39 is 0 Å². The molecule has 200 valence electrons. The Morgan fingerprint density at radius 3 is 1.69 bits per heavy atom. The van der Waals surface area contributed by atoms with Crippen LogP contribution >= 0.6 is 0 Å². The smallest absolute Gasteiger partial charge is 0.255 e. The van der Waals surface area contributed by atoms with Gasteiger partial charge in [0.05, 0.1) is 12.2 Å². The molecule has 0 spiro atoms. The van der Waals surface area contributed by atoms with Crippen molar-refractivity contribution in [3.05, 3.63) is 29.3 Å². The van der Waals surface area contributed by atoms with E-state index in [9.17, 15) is 9.59 Å². The van der Waals surface area contributed by atoms with Crippen LogP contribution in [0.25, 0.3) is 0 Å². The number of nitrogens with one attached hydrogen (secondary N) is 2. The van der Waals surface area contributed by atoms with Crippen LogP contribution < -0.4 is 15.4 Å². The fraction of sp³-hybridized carbons (Fsp3) is 0.733. The fourth-order valence-corrected chi connectivity index (χ4v) is 4.09. The van der Waals surface area contributed by atoms with Crippen molar-refractivity contribution < 1.29 is 14.3 Å². The molecule has 0 radical (unpaired) electrons. The number of unbranched alkanes of at least 4 members (excludes halogenated alkanes) is 13. The van der Waals surface area contributed by atoms with E-state index in [0.717, 1.165) is 38.5 Å². The molecule has 0 bridgehead atoms. The third-order valence-electron chi connectivity index (χ3n) is 6.38. The lowest BCUT2D eigenvalue weighted by atomic mass is 10.1. The Hall–Kier alpha value is -2.04. The SMILES string of the molecule is CCCCCCCCNC(=O)c1ccc(C(=O)NCCCCCCCC)c(OCCCCCC)c1. The fourth-order valence-electron chi connectivity index (χ4n) is 4.09. The molecule has 5 nitrogen and oxygen atoms in total. The molecule has 0 atom stereocenters. The van der Waals surface area contributed by atoms with Crippen LogP contribution in [0.4, 0.5) is 0 Å². The molecule has 2 amide bonds. The molecule has 1 rings (SSSR count). The summed E-state index contributed by atoms with van der Waals surface area (Å²) in [6.07, 6.45) is 18.7. The number of carbonyl (C=O) groups excluding carboxylic acids is 2. The first-order valence-corrected chi connectivity index (χ1v) is 14.5. The zero-order valence-corrected chi connectivity index (χ0v) is 22.9. The first-order valence-electron chi connectivity index (χ1n) is 14.5. The van der Waals surface area contributed by atoms with E-state index in [2.05, 4.69) is 31.4 Å². The summed E-state index contributed by atoms with van der Waals surface area (Å²) in [5.41, 5.74) is 1.06. The van der Waals surface area contributed by atoms with E-state index in [4.69, 9.17) is 4.74 Å². The van der Waals surface area contributed by atoms with Crippen LogP contribution in [-0.2, 0) is 0 Å². The Balaban J connectivity index is 2.62. The molecule has 0 fully saturated rings. The van der Waals surface area contributed by atoms with E-state index in [1.807, 2.05) is 0 Å². The van der Waals surface area contributed by atoms with Gasteiger partial charge >= 0.3 is 0 Å². The third-order valence-corrected chi connectivity index (χ3v) is 6.38. The second-order valence-electron chi connectivity index (χ2n) is 9.67. The maximum atomic E-state index is 12.8. The van der Waals surface area contributed by atoms with Crippen molar-refractivity contribution in [3.8, 4) is 5.75 Å². The zero-order chi connectivity index (χ0) is 25.6. The van der Waals surface area contributed by atoms with Crippen molar-refractivity contribution in [3.63, 3.8) is 0 Å². The molecule has 1 aromatic carbocycles. The van der Waals surface area contributed by atoms with Crippen molar-refractivity contribution in [1.29, 1.82) is 0 Å². The molecule has 0 aliphatic rings. The number of rotatable bonds is 22. The number of hydrogen-bond donors (Lipinski definition) is 2. The highest BCUT2D eigenvalue weighted by Crippen LogP contribution is 2.22. The van der Waals surface area contributed by atoms with Crippen molar-refractivity contribution >= 4 is 11.8 Å². The summed E-state index contributed by atoms with van der Waals surface area (Å²) in [6, 6.07) is 5.20. The molecule has 35 heavy (non-hydrogen) atoms.